The van der Waals surface area contributed by atoms with Gasteiger partial charge in [0.2, 0.25) is 5.91 Å². The van der Waals surface area contributed by atoms with E-state index in [-0.39, 0.29) is 5.91 Å². The summed E-state index contributed by atoms with van der Waals surface area (Å²) in [5, 5.41) is 3.16. The zero-order valence-corrected chi connectivity index (χ0v) is 12.9. The van der Waals surface area contributed by atoms with Crippen LogP contribution in [0.1, 0.15) is 51.5 Å². The Labute approximate surface area is 122 Å². The average molecular weight is 279 g/mol. The van der Waals surface area contributed by atoms with E-state index in [0.29, 0.717) is 12.5 Å². The summed E-state index contributed by atoms with van der Waals surface area (Å²) < 4.78 is 0. The molecule has 106 valence electrons. The molecule has 1 rings (SSSR count). The first-order valence-electron chi connectivity index (χ1n) is 7.23. The highest BCUT2D eigenvalue weighted by molar-refractivity contribution is 7.80. The molecule has 3 heteroatoms. The predicted molar refractivity (Wildman–Crippen MR) is 83.8 cm³/mol. The molecule has 0 aliphatic carbocycles. The van der Waals surface area contributed by atoms with Gasteiger partial charge < -0.3 is 5.32 Å². The topological polar surface area (TPSA) is 29.1 Å². The number of unbranched alkanes of at least 4 members (excludes halogenated alkanes) is 1. The van der Waals surface area contributed by atoms with E-state index in [1.54, 1.807) is 0 Å². The molecule has 19 heavy (non-hydrogen) atoms. The number of hydrogen-bond donors (Lipinski definition) is 2. The Hall–Kier alpha value is -0.960. The van der Waals surface area contributed by atoms with Crippen LogP contribution in [0.2, 0.25) is 0 Å². The van der Waals surface area contributed by atoms with Gasteiger partial charge in [-0.2, -0.15) is 0 Å². The summed E-state index contributed by atoms with van der Waals surface area (Å²) in [6.07, 6.45) is 6.09. The van der Waals surface area contributed by atoms with Gasteiger partial charge in [0, 0.05) is 10.9 Å². The van der Waals surface area contributed by atoms with Gasteiger partial charge >= 0.3 is 0 Å². The minimum atomic E-state index is 0.126. The van der Waals surface area contributed by atoms with E-state index in [2.05, 4.69) is 31.8 Å². The van der Waals surface area contributed by atoms with Crippen molar-refractivity contribution >= 4 is 18.5 Å². The van der Waals surface area contributed by atoms with Crippen molar-refractivity contribution in [1.82, 2.24) is 5.32 Å². The van der Waals surface area contributed by atoms with E-state index in [4.69, 9.17) is 0 Å². The Bertz CT molecular complexity index is 375. The standard InChI is InChI=1S/C16H25NOS/c1-3-5-7-14(6-4-2)17-16(18)12-13-8-10-15(19)11-9-13/h8-11,14,19H,3-7,12H2,1-2H3,(H,17,18). The molecule has 0 spiro atoms. The monoisotopic (exact) mass is 279 g/mol. The van der Waals surface area contributed by atoms with Crippen LogP contribution in [0.25, 0.3) is 0 Å². The maximum Gasteiger partial charge on any atom is 0.224 e. The lowest BCUT2D eigenvalue weighted by molar-refractivity contribution is -0.121. The number of benzene rings is 1. The van der Waals surface area contributed by atoms with E-state index in [1.807, 2.05) is 24.3 Å². The molecule has 0 bridgehead atoms. The van der Waals surface area contributed by atoms with Crippen LogP contribution in [0.3, 0.4) is 0 Å². The number of hydrogen-bond acceptors (Lipinski definition) is 2. The molecule has 0 saturated carbocycles. The lowest BCUT2D eigenvalue weighted by Crippen LogP contribution is -2.35. The minimum absolute atomic E-state index is 0.126. The second-order valence-electron chi connectivity index (χ2n) is 5.04. The van der Waals surface area contributed by atoms with Crippen LogP contribution in [-0.2, 0) is 11.2 Å². The fourth-order valence-corrected chi connectivity index (χ4v) is 2.31. The van der Waals surface area contributed by atoms with Crippen molar-refractivity contribution in [3.05, 3.63) is 29.8 Å². The molecule has 1 amide bonds. The SMILES string of the molecule is CCCCC(CCC)NC(=O)Cc1ccc(S)cc1. The molecule has 1 aromatic rings. The number of amides is 1. The fraction of sp³-hybridized carbons (Fsp3) is 0.562. The highest BCUT2D eigenvalue weighted by Crippen LogP contribution is 2.10. The van der Waals surface area contributed by atoms with Gasteiger partial charge in [-0.1, -0.05) is 45.2 Å². The van der Waals surface area contributed by atoms with Crippen molar-refractivity contribution in [3.8, 4) is 0 Å². The number of thiol groups is 1. The van der Waals surface area contributed by atoms with E-state index in [1.165, 1.54) is 12.8 Å². The zero-order valence-electron chi connectivity index (χ0n) is 12.0. The Kier molecular flexibility index (Phi) is 7.65. The summed E-state index contributed by atoms with van der Waals surface area (Å²) in [7, 11) is 0. The van der Waals surface area contributed by atoms with Gasteiger partial charge in [-0.25, -0.2) is 0 Å². The van der Waals surface area contributed by atoms with Gasteiger partial charge in [0.1, 0.15) is 0 Å². The zero-order chi connectivity index (χ0) is 14.1. The predicted octanol–water partition coefficient (Wildman–Crippen LogP) is 3.99. The Morgan fingerprint density at radius 1 is 1.16 bits per heavy atom. The number of carbonyl (C=O) groups excluding carboxylic acids is 1. The number of rotatable bonds is 8. The second kappa shape index (κ2) is 9.03. The van der Waals surface area contributed by atoms with E-state index < -0.39 is 0 Å². The first kappa shape index (κ1) is 16.1. The van der Waals surface area contributed by atoms with Crippen LogP contribution < -0.4 is 5.32 Å². The van der Waals surface area contributed by atoms with Crippen LogP contribution in [0.4, 0.5) is 0 Å². The van der Waals surface area contributed by atoms with Crippen molar-refractivity contribution in [1.29, 1.82) is 0 Å². The molecular formula is C16H25NOS. The number of carbonyl (C=O) groups is 1. The van der Waals surface area contributed by atoms with Crippen molar-refractivity contribution in [2.75, 3.05) is 0 Å². The smallest absolute Gasteiger partial charge is 0.224 e. The molecule has 1 unspecified atom stereocenters. The lowest BCUT2D eigenvalue weighted by atomic mass is 10.0. The second-order valence-corrected chi connectivity index (χ2v) is 5.55. The van der Waals surface area contributed by atoms with Gasteiger partial charge in [0.05, 0.1) is 6.42 Å². The third-order valence-corrected chi connectivity index (χ3v) is 3.51. The first-order valence-corrected chi connectivity index (χ1v) is 7.67. The maximum atomic E-state index is 12.0. The molecule has 0 aromatic heterocycles. The third-order valence-electron chi connectivity index (χ3n) is 3.21. The molecule has 1 N–H and O–H groups in total. The van der Waals surface area contributed by atoms with Crippen LogP contribution >= 0.6 is 12.6 Å². The van der Waals surface area contributed by atoms with Gasteiger partial charge in [0.15, 0.2) is 0 Å². The molecule has 0 saturated heterocycles. The van der Waals surface area contributed by atoms with Crippen molar-refractivity contribution in [2.45, 2.75) is 63.3 Å². The quantitative estimate of drug-likeness (QED) is 0.692. The molecule has 0 heterocycles. The van der Waals surface area contributed by atoms with Crippen LogP contribution in [0, 0.1) is 0 Å². The normalized spacial score (nSPS) is 12.2. The molecule has 0 fully saturated rings. The van der Waals surface area contributed by atoms with Crippen LogP contribution in [-0.4, -0.2) is 11.9 Å². The molecular weight excluding hydrogens is 254 g/mol. The largest absolute Gasteiger partial charge is 0.353 e. The molecule has 1 atom stereocenters. The Morgan fingerprint density at radius 3 is 2.42 bits per heavy atom. The van der Waals surface area contributed by atoms with E-state index >= 15 is 0 Å². The third kappa shape index (κ3) is 6.67. The minimum Gasteiger partial charge on any atom is -0.353 e. The van der Waals surface area contributed by atoms with Crippen LogP contribution in [0.5, 0.6) is 0 Å². The van der Waals surface area contributed by atoms with Gasteiger partial charge in [-0.15, -0.1) is 12.6 Å². The molecule has 0 aliphatic heterocycles. The highest BCUT2D eigenvalue weighted by Gasteiger charge is 2.11. The summed E-state index contributed by atoms with van der Waals surface area (Å²) in [4.78, 5) is 12.9. The fourth-order valence-electron chi connectivity index (χ4n) is 2.17. The van der Waals surface area contributed by atoms with Gasteiger partial charge in [-0.05, 0) is 30.5 Å². The summed E-state index contributed by atoms with van der Waals surface area (Å²) in [6.45, 7) is 4.35. The molecule has 0 radical (unpaired) electrons. The summed E-state index contributed by atoms with van der Waals surface area (Å²) >= 11 is 4.24. The molecule has 1 aromatic carbocycles. The number of nitrogens with one attached hydrogen (secondary N) is 1. The Balaban J connectivity index is 2.45. The average Bonchev–Trinajstić information content (AvgIpc) is 2.39. The van der Waals surface area contributed by atoms with Crippen molar-refractivity contribution in [2.24, 2.45) is 0 Å². The summed E-state index contributed by atoms with van der Waals surface area (Å²) in [5.41, 5.74) is 1.04. The van der Waals surface area contributed by atoms with E-state index in [0.717, 1.165) is 29.7 Å². The molecule has 2 nitrogen and oxygen atoms in total. The van der Waals surface area contributed by atoms with Crippen LogP contribution in [0.15, 0.2) is 29.2 Å². The van der Waals surface area contributed by atoms with Gasteiger partial charge in [-0.3, -0.25) is 4.79 Å². The van der Waals surface area contributed by atoms with Crippen molar-refractivity contribution in [3.63, 3.8) is 0 Å². The Morgan fingerprint density at radius 2 is 1.84 bits per heavy atom. The summed E-state index contributed by atoms with van der Waals surface area (Å²) in [5.74, 6) is 0.126. The van der Waals surface area contributed by atoms with Gasteiger partial charge in [0.25, 0.3) is 0 Å². The summed E-state index contributed by atoms with van der Waals surface area (Å²) in [6, 6.07) is 8.10. The lowest BCUT2D eigenvalue weighted by Gasteiger charge is -2.17. The highest BCUT2D eigenvalue weighted by atomic mass is 32.1. The maximum absolute atomic E-state index is 12.0. The van der Waals surface area contributed by atoms with E-state index in [9.17, 15) is 4.79 Å². The van der Waals surface area contributed by atoms with Crippen molar-refractivity contribution < 1.29 is 4.79 Å². The first-order chi connectivity index (χ1) is 9.15. The molecule has 0 aliphatic rings.